The molecule has 0 spiro atoms. The summed E-state index contributed by atoms with van der Waals surface area (Å²) in [6, 6.07) is 11.9. The van der Waals surface area contributed by atoms with E-state index < -0.39 is 0 Å². The fraction of sp³-hybridized carbons (Fsp3) is 0.296. The molecular formula is C27H26Cl2N6O3. The van der Waals surface area contributed by atoms with Crippen LogP contribution in [0.2, 0.25) is 10.0 Å². The smallest absolute Gasteiger partial charge is 0.263 e. The van der Waals surface area contributed by atoms with E-state index in [9.17, 15) is 9.59 Å². The molecule has 1 aliphatic rings. The van der Waals surface area contributed by atoms with Crippen molar-refractivity contribution in [1.29, 1.82) is 0 Å². The zero-order valence-electron chi connectivity index (χ0n) is 21.3. The normalized spacial score (nSPS) is 15.0. The number of nitrogens with zero attached hydrogens (tertiary/aromatic N) is 5. The van der Waals surface area contributed by atoms with E-state index in [2.05, 4.69) is 15.5 Å². The number of carbonyl (C=O) groups excluding carboxylic acids is 1. The maximum Gasteiger partial charge on any atom is 0.263 e. The molecule has 3 heterocycles. The number of benzene rings is 2. The van der Waals surface area contributed by atoms with Crippen LogP contribution in [0.25, 0.3) is 17.1 Å². The Bertz CT molecular complexity index is 1580. The molecule has 9 nitrogen and oxygen atoms in total. The molecule has 2 aromatic carbocycles. The summed E-state index contributed by atoms with van der Waals surface area (Å²) in [5.41, 5.74) is 2.81. The molecule has 0 bridgehead atoms. The maximum absolute atomic E-state index is 13.9. The Morgan fingerprint density at radius 3 is 2.47 bits per heavy atom. The number of fused-ring (bicyclic) bond motifs is 1. The molecule has 196 valence electrons. The fourth-order valence-electron chi connectivity index (χ4n) is 4.49. The third-order valence-corrected chi connectivity index (χ3v) is 7.10. The molecule has 38 heavy (non-hydrogen) atoms. The molecule has 0 radical (unpaired) electrons. The Morgan fingerprint density at radius 1 is 1.11 bits per heavy atom. The largest absolute Gasteiger partial charge is 0.353 e. The molecule has 0 fully saturated rings. The summed E-state index contributed by atoms with van der Waals surface area (Å²) in [5, 5.41) is 7.82. The van der Waals surface area contributed by atoms with E-state index in [0.717, 1.165) is 5.56 Å². The topological polar surface area (TPSA) is 106 Å². The van der Waals surface area contributed by atoms with Crippen LogP contribution in [-0.4, -0.2) is 42.6 Å². The summed E-state index contributed by atoms with van der Waals surface area (Å²) in [4.78, 5) is 38.0. The predicted molar refractivity (Wildman–Crippen MR) is 146 cm³/mol. The first-order valence-electron chi connectivity index (χ1n) is 12.2. The van der Waals surface area contributed by atoms with Gasteiger partial charge in [-0.05, 0) is 76.6 Å². The SMILES string of the molecule is Cc1noc(-c2ccc(-n3c(NC(C)C)nc4c(c3=O)C[C@@H](C)N(C(=O)c3ccc(Cl)c(Cl)c3)C4)cc2)n1. The molecular weight excluding hydrogens is 527 g/mol. The molecule has 0 unspecified atom stereocenters. The van der Waals surface area contributed by atoms with Crippen molar-refractivity contribution >= 4 is 35.1 Å². The van der Waals surface area contributed by atoms with Crippen LogP contribution in [0.1, 0.15) is 48.2 Å². The Morgan fingerprint density at radius 2 is 1.84 bits per heavy atom. The van der Waals surface area contributed by atoms with Crippen molar-refractivity contribution in [2.45, 2.75) is 52.7 Å². The molecule has 4 aromatic rings. The summed E-state index contributed by atoms with van der Waals surface area (Å²) < 4.78 is 6.83. The van der Waals surface area contributed by atoms with E-state index in [1.165, 1.54) is 0 Å². The van der Waals surface area contributed by atoms with Gasteiger partial charge in [0.25, 0.3) is 17.4 Å². The highest BCUT2D eigenvalue weighted by molar-refractivity contribution is 6.42. The number of amides is 1. The molecule has 1 aliphatic heterocycles. The molecule has 1 amide bonds. The van der Waals surface area contributed by atoms with Gasteiger partial charge in [0.1, 0.15) is 0 Å². The van der Waals surface area contributed by atoms with Gasteiger partial charge in [0, 0.05) is 28.8 Å². The van der Waals surface area contributed by atoms with E-state index in [1.807, 2.05) is 45.0 Å². The fourth-order valence-corrected chi connectivity index (χ4v) is 4.79. The van der Waals surface area contributed by atoms with Gasteiger partial charge in [0.05, 0.1) is 28.0 Å². The third-order valence-electron chi connectivity index (χ3n) is 6.36. The summed E-state index contributed by atoms with van der Waals surface area (Å²) in [6.45, 7) is 7.82. The number of carbonyl (C=O) groups is 1. The lowest BCUT2D eigenvalue weighted by atomic mass is 9.98. The van der Waals surface area contributed by atoms with Gasteiger partial charge in [-0.3, -0.25) is 9.59 Å². The minimum atomic E-state index is -0.223. The van der Waals surface area contributed by atoms with Gasteiger partial charge in [-0.2, -0.15) is 4.98 Å². The van der Waals surface area contributed by atoms with Gasteiger partial charge in [-0.15, -0.1) is 0 Å². The second kappa shape index (κ2) is 10.2. The quantitative estimate of drug-likeness (QED) is 0.357. The number of aryl methyl sites for hydroxylation is 1. The predicted octanol–water partition coefficient (Wildman–Crippen LogP) is 5.31. The molecule has 5 rings (SSSR count). The molecule has 0 saturated carbocycles. The van der Waals surface area contributed by atoms with Crippen LogP contribution in [0.4, 0.5) is 5.95 Å². The molecule has 0 saturated heterocycles. The number of anilines is 1. The van der Waals surface area contributed by atoms with Gasteiger partial charge in [0.2, 0.25) is 5.95 Å². The van der Waals surface area contributed by atoms with Crippen LogP contribution in [-0.2, 0) is 13.0 Å². The van der Waals surface area contributed by atoms with E-state index in [-0.39, 0.29) is 30.1 Å². The standard InChI is InChI=1S/C27H26Cl2N6O3/c1-14(2)30-27-32-23-13-34(25(36)18-7-10-21(28)22(29)12-18)15(3)11-20(23)26(37)35(27)19-8-5-17(6-9-19)24-31-16(4)33-38-24/h5-10,12,14-15H,11,13H2,1-4H3,(H,30,32)/t15-/m1/s1. The number of hydrogen-bond acceptors (Lipinski definition) is 7. The minimum absolute atomic E-state index is 0.0169. The van der Waals surface area contributed by atoms with Gasteiger partial charge < -0.3 is 14.7 Å². The average molecular weight is 553 g/mol. The second-order valence-electron chi connectivity index (χ2n) is 9.61. The van der Waals surface area contributed by atoms with Crippen LogP contribution in [0, 0.1) is 6.92 Å². The first-order valence-corrected chi connectivity index (χ1v) is 13.0. The average Bonchev–Trinajstić information content (AvgIpc) is 3.32. The van der Waals surface area contributed by atoms with Crippen LogP contribution in [0.15, 0.2) is 51.8 Å². The van der Waals surface area contributed by atoms with Crippen molar-refractivity contribution in [1.82, 2.24) is 24.6 Å². The number of rotatable bonds is 5. The van der Waals surface area contributed by atoms with Gasteiger partial charge in [-0.25, -0.2) is 9.55 Å². The highest BCUT2D eigenvalue weighted by Crippen LogP contribution is 2.28. The monoisotopic (exact) mass is 552 g/mol. The summed E-state index contributed by atoms with van der Waals surface area (Å²) in [6.07, 6.45) is 0.371. The maximum atomic E-state index is 13.9. The highest BCUT2D eigenvalue weighted by Gasteiger charge is 2.32. The Balaban J connectivity index is 1.53. The molecule has 2 aromatic heterocycles. The molecule has 1 N–H and O–H groups in total. The number of aromatic nitrogens is 4. The molecule has 1 atom stereocenters. The van der Waals surface area contributed by atoms with Crippen molar-refractivity contribution < 1.29 is 9.32 Å². The van der Waals surface area contributed by atoms with Crippen molar-refractivity contribution in [2.75, 3.05) is 5.32 Å². The number of hydrogen-bond donors (Lipinski definition) is 1. The van der Waals surface area contributed by atoms with Crippen molar-refractivity contribution in [3.05, 3.63) is 85.5 Å². The van der Waals surface area contributed by atoms with Crippen LogP contribution < -0.4 is 10.9 Å². The second-order valence-corrected chi connectivity index (χ2v) is 10.4. The summed E-state index contributed by atoms with van der Waals surface area (Å²) in [5.74, 6) is 1.16. The highest BCUT2D eigenvalue weighted by atomic mass is 35.5. The van der Waals surface area contributed by atoms with Gasteiger partial charge >= 0.3 is 0 Å². The summed E-state index contributed by atoms with van der Waals surface area (Å²) in [7, 11) is 0. The molecule has 0 aliphatic carbocycles. The van der Waals surface area contributed by atoms with Crippen LogP contribution >= 0.6 is 23.2 Å². The van der Waals surface area contributed by atoms with E-state index in [1.54, 1.807) is 34.6 Å². The zero-order valence-corrected chi connectivity index (χ0v) is 22.8. The lowest BCUT2D eigenvalue weighted by molar-refractivity contribution is 0.0653. The van der Waals surface area contributed by atoms with E-state index in [4.69, 9.17) is 32.7 Å². The van der Waals surface area contributed by atoms with E-state index >= 15 is 0 Å². The number of nitrogens with one attached hydrogen (secondary N) is 1. The van der Waals surface area contributed by atoms with Crippen molar-refractivity contribution in [2.24, 2.45) is 0 Å². The number of halogens is 2. The van der Waals surface area contributed by atoms with E-state index in [0.29, 0.717) is 56.6 Å². The first-order chi connectivity index (χ1) is 18.1. The van der Waals surface area contributed by atoms with Gasteiger partial charge in [-0.1, -0.05) is 28.4 Å². The van der Waals surface area contributed by atoms with Crippen LogP contribution in [0.5, 0.6) is 0 Å². The minimum Gasteiger partial charge on any atom is -0.353 e. The van der Waals surface area contributed by atoms with Crippen molar-refractivity contribution in [3.8, 4) is 17.1 Å². The zero-order chi connectivity index (χ0) is 27.1. The Kier molecular flexibility index (Phi) is 6.98. The molecule has 11 heteroatoms. The van der Waals surface area contributed by atoms with Crippen LogP contribution in [0.3, 0.4) is 0 Å². The Hall–Kier alpha value is -3.69. The third kappa shape index (κ3) is 4.91. The van der Waals surface area contributed by atoms with Crippen molar-refractivity contribution in [3.63, 3.8) is 0 Å². The summed E-state index contributed by atoms with van der Waals surface area (Å²) >= 11 is 12.2. The lowest BCUT2D eigenvalue weighted by Crippen LogP contribution is -2.46. The van der Waals surface area contributed by atoms with Gasteiger partial charge in [0.15, 0.2) is 5.82 Å². The first kappa shape index (κ1) is 25.9. The lowest BCUT2D eigenvalue weighted by Gasteiger charge is -2.34. The Labute approximate surface area is 229 Å².